The van der Waals surface area contributed by atoms with Gasteiger partial charge in [0.05, 0.1) is 34.7 Å². The third-order valence-electron chi connectivity index (χ3n) is 6.38. The number of aromatic amines is 1. The summed E-state index contributed by atoms with van der Waals surface area (Å²) in [5.41, 5.74) is 10.7. The molecule has 1 aliphatic rings. The number of anilines is 1. The highest BCUT2D eigenvalue weighted by Gasteiger charge is 2.24. The number of allylic oxidation sites excluding steroid dienone is 2. The number of benzene rings is 1. The number of carbonyl (C=O) groups is 1. The van der Waals surface area contributed by atoms with E-state index in [0.717, 1.165) is 33.4 Å². The number of aromatic nitrogens is 4. The second-order valence-electron chi connectivity index (χ2n) is 9.01. The molecule has 9 heteroatoms. The van der Waals surface area contributed by atoms with Gasteiger partial charge in [-0.25, -0.2) is 4.99 Å². The molecule has 0 spiro atoms. The molecule has 1 aromatic carbocycles. The normalized spacial score (nSPS) is 14.3. The molecule has 0 saturated heterocycles. The number of carbonyl (C=O) groups excluding carboxylic acids is 1. The number of aliphatic imine (C=N–C) groups is 1. The number of nitrogens with one attached hydrogen (secondary N) is 3. The van der Waals surface area contributed by atoms with Gasteiger partial charge in [0.25, 0.3) is 5.91 Å². The zero-order valence-corrected chi connectivity index (χ0v) is 21.6. The number of pyridine rings is 3. The number of H-pyrrole nitrogens is 1. The summed E-state index contributed by atoms with van der Waals surface area (Å²) in [5.74, 6) is -0.213. The predicted octanol–water partition coefficient (Wildman–Crippen LogP) is 5.60. The minimum atomic E-state index is -0.213. The van der Waals surface area contributed by atoms with E-state index in [2.05, 4.69) is 42.4 Å². The van der Waals surface area contributed by atoms with Crippen LogP contribution < -0.4 is 10.7 Å². The maximum Gasteiger partial charge on any atom is 0.255 e. The summed E-state index contributed by atoms with van der Waals surface area (Å²) in [6.07, 6.45) is 10.5. The summed E-state index contributed by atoms with van der Waals surface area (Å²) in [7, 11) is 0. The van der Waals surface area contributed by atoms with Crippen molar-refractivity contribution in [1.82, 2.24) is 25.4 Å². The van der Waals surface area contributed by atoms with Crippen LogP contribution in [0, 0.1) is 0 Å². The van der Waals surface area contributed by atoms with E-state index in [4.69, 9.17) is 4.99 Å². The Morgan fingerprint density at radius 2 is 1.85 bits per heavy atom. The van der Waals surface area contributed by atoms with Gasteiger partial charge in [-0.1, -0.05) is 30.9 Å². The predicted molar refractivity (Wildman–Crippen MR) is 158 cm³/mol. The van der Waals surface area contributed by atoms with Crippen molar-refractivity contribution >= 4 is 39.6 Å². The fourth-order valence-corrected chi connectivity index (χ4v) is 4.45. The quantitative estimate of drug-likeness (QED) is 0.267. The van der Waals surface area contributed by atoms with Crippen molar-refractivity contribution in [2.24, 2.45) is 10.1 Å². The Morgan fingerprint density at radius 1 is 0.975 bits per heavy atom. The third-order valence-corrected chi connectivity index (χ3v) is 6.38. The maximum absolute atomic E-state index is 12.6. The number of nitrogens with zero attached hydrogens (tertiary/aromatic N) is 5. The van der Waals surface area contributed by atoms with Crippen LogP contribution >= 0.6 is 0 Å². The van der Waals surface area contributed by atoms with Crippen LogP contribution in [-0.2, 0) is 0 Å². The highest BCUT2D eigenvalue weighted by Crippen LogP contribution is 2.28. The molecule has 0 bridgehead atoms. The molecule has 0 fully saturated rings. The van der Waals surface area contributed by atoms with Crippen molar-refractivity contribution in [3.05, 3.63) is 127 Å². The van der Waals surface area contributed by atoms with Gasteiger partial charge in [-0.3, -0.25) is 25.2 Å². The molecule has 4 aromatic heterocycles. The molecular formula is C31H24N8O. The lowest BCUT2D eigenvalue weighted by Gasteiger charge is -2.09. The van der Waals surface area contributed by atoms with Gasteiger partial charge in [-0.15, -0.1) is 0 Å². The standard InChI is InChI=1S/C31H24N8O/c1-3-25(22-14-23(18-33-17-22)35-31(40)20-8-5-4-6-9-20)37-28-19(2)38-39-30(28)27-15-24-26(36-27)11-13-34-29(24)21-10-7-12-32-16-21/h3-18,36,38H,2H2,1H3,(H,35,40)/b25-3-,37-28+. The Kier molecular flexibility index (Phi) is 6.51. The van der Waals surface area contributed by atoms with Gasteiger partial charge in [-0.05, 0) is 49.4 Å². The van der Waals surface area contributed by atoms with Crippen LogP contribution in [0.25, 0.3) is 27.9 Å². The zero-order valence-electron chi connectivity index (χ0n) is 21.6. The highest BCUT2D eigenvalue weighted by atomic mass is 16.1. The van der Waals surface area contributed by atoms with E-state index in [0.29, 0.717) is 34.1 Å². The van der Waals surface area contributed by atoms with Crippen LogP contribution in [0.2, 0.25) is 0 Å². The SMILES string of the molecule is C=C1NN=C(c2cc3c(-c4cccnc4)nccc3[nH]2)/C1=N/C(=C\C)c1cncc(NC(=O)c2ccccc2)c1. The zero-order chi connectivity index (χ0) is 27.5. The average molecular weight is 525 g/mol. The molecule has 0 saturated carbocycles. The van der Waals surface area contributed by atoms with E-state index >= 15 is 0 Å². The molecule has 1 aliphatic heterocycles. The number of hydrogen-bond donors (Lipinski definition) is 3. The van der Waals surface area contributed by atoms with Gasteiger partial charge < -0.3 is 10.3 Å². The van der Waals surface area contributed by atoms with Crippen LogP contribution in [0.4, 0.5) is 5.69 Å². The third kappa shape index (κ3) is 4.79. The Bertz CT molecular complexity index is 1840. The Labute approximate surface area is 230 Å². The number of amides is 1. The molecule has 0 aliphatic carbocycles. The average Bonchev–Trinajstić information content (AvgIpc) is 3.59. The van der Waals surface area contributed by atoms with Crippen molar-refractivity contribution in [2.45, 2.75) is 6.92 Å². The second kappa shape index (κ2) is 10.6. The van der Waals surface area contributed by atoms with Crippen LogP contribution in [-0.4, -0.2) is 37.3 Å². The van der Waals surface area contributed by atoms with Crippen molar-refractivity contribution in [3.63, 3.8) is 0 Å². The summed E-state index contributed by atoms with van der Waals surface area (Å²) >= 11 is 0. The van der Waals surface area contributed by atoms with E-state index in [-0.39, 0.29) is 5.91 Å². The number of hydrazone groups is 1. The Balaban J connectivity index is 1.32. The molecule has 6 rings (SSSR count). The molecule has 5 aromatic rings. The molecule has 0 atom stereocenters. The highest BCUT2D eigenvalue weighted by molar-refractivity contribution is 6.55. The fraction of sp³-hybridized carbons (Fsp3) is 0.0323. The Hall–Kier alpha value is -5.70. The number of hydrogen-bond acceptors (Lipinski definition) is 7. The molecule has 194 valence electrons. The van der Waals surface area contributed by atoms with E-state index in [1.165, 1.54) is 0 Å². The summed E-state index contributed by atoms with van der Waals surface area (Å²) in [6, 6.07) is 18.7. The van der Waals surface area contributed by atoms with Crippen LogP contribution in [0.15, 0.2) is 120 Å². The van der Waals surface area contributed by atoms with Gasteiger partial charge in [0.2, 0.25) is 0 Å². The lowest BCUT2D eigenvalue weighted by molar-refractivity contribution is 0.102. The first-order valence-electron chi connectivity index (χ1n) is 12.6. The van der Waals surface area contributed by atoms with Crippen molar-refractivity contribution in [2.75, 3.05) is 5.32 Å². The minimum absolute atomic E-state index is 0.213. The summed E-state index contributed by atoms with van der Waals surface area (Å²) in [4.78, 5) is 34.2. The van der Waals surface area contributed by atoms with Crippen LogP contribution in [0.3, 0.4) is 0 Å². The van der Waals surface area contributed by atoms with Gasteiger partial charge in [0.15, 0.2) is 0 Å². The molecule has 5 heterocycles. The summed E-state index contributed by atoms with van der Waals surface area (Å²) < 4.78 is 0. The molecule has 40 heavy (non-hydrogen) atoms. The lowest BCUT2D eigenvalue weighted by Crippen LogP contribution is -2.14. The van der Waals surface area contributed by atoms with Gasteiger partial charge in [-0.2, -0.15) is 5.10 Å². The maximum atomic E-state index is 12.6. The van der Waals surface area contributed by atoms with E-state index < -0.39 is 0 Å². The first-order valence-corrected chi connectivity index (χ1v) is 12.6. The molecule has 1 amide bonds. The second-order valence-corrected chi connectivity index (χ2v) is 9.01. The fourth-order valence-electron chi connectivity index (χ4n) is 4.45. The molecule has 0 radical (unpaired) electrons. The topological polar surface area (TPSA) is 120 Å². The first kappa shape index (κ1) is 24.6. The monoisotopic (exact) mass is 524 g/mol. The van der Waals surface area contributed by atoms with Gasteiger partial charge >= 0.3 is 0 Å². The first-order chi connectivity index (χ1) is 19.6. The van der Waals surface area contributed by atoms with Crippen molar-refractivity contribution in [3.8, 4) is 11.3 Å². The minimum Gasteiger partial charge on any atom is -0.353 e. The van der Waals surface area contributed by atoms with Crippen LogP contribution in [0.5, 0.6) is 0 Å². The molecular weight excluding hydrogens is 500 g/mol. The lowest BCUT2D eigenvalue weighted by atomic mass is 10.1. The van der Waals surface area contributed by atoms with Crippen molar-refractivity contribution < 1.29 is 4.79 Å². The van der Waals surface area contributed by atoms with Crippen molar-refractivity contribution in [1.29, 1.82) is 0 Å². The molecule has 3 N–H and O–H groups in total. The number of fused-ring (bicyclic) bond motifs is 1. The van der Waals surface area contributed by atoms with E-state index in [1.54, 1.807) is 43.1 Å². The molecule has 0 unspecified atom stereocenters. The Morgan fingerprint density at radius 3 is 2.65 bits per heavy atom. The van der Waals surface area contributed by atoms with E-state index in [9.17, 15) is 4.79 Å². The molecule has 9 nitrogen and oxygen atoms in total. The van der Waals surface area contributed by atoms with E-state index in [1.807, 2.05) is 61.5 Å². The van der Waals surface area contributed by atoms with Gasteiger partial charge in [0, 0.05) is 52.4 Å². The smallest absolute Gasteiger partial charge is 0.255 e. The summed E-state index contributed by atoms with van der Waals surface area (Å²) in [6.45, 7) is 6.01. The van der Waals surface area contributed by atoms with Crippen LogP contribution in [0.1, 0.15) is 28.5 Å². The largest absolute Gasteiger partial charge is 0.353 e. The summed E-state index contributed by atoms with van der Waals surface area (Å²) in [5, 5.41) is 8.36. The van der Waals surface area contributed by atoms with Gasteiger partial charge in [0.1, 0.15) is 11.4 Å². The number of rotatable bonds is 6.